The summed E-state index contributed by atoms with van der Waals surface area (Å²) in [7, 11) is 0. The van der Waals surface area contributed by atoms with Crippen molar-refractivity contribution >= 4 is 28.4 Å². The fourth-order valence-electron chi connectivity index (χ4n) is 2.16. The normalized spacial score (nSPS) is 13.9. The van der Waals surface area contributed by atoms with E-state index in [-0.39, 0.29) is 18.2 Å². The first-order valence-electron chi connectivity index (χ1n) is 6.98. The molecular weight excluding hydrogens is 288 g/mol. The van der Waals surface area contributed by atoms with Gasteiger partial charge in [-0.25, -0.2) is 4.98 Å². The average Bonchev–Trinajstić information content (AvgIpc) is 2.47. The molecule has 0 aliphatic heterocycles. The number of para-hydroxylation sites is 1. The SMILES string of the molecule is CCC(C)(CCO)NC(=O)c1cc(Cl)c2ccccc2n1. The van der Waals surface area contributed by atoms with Crippen LogP contribution >= 0.6 is 11.6 Å². The number of amides is 1. The third-order valence-corrected chi connectivity index (χ3v) is 4.07. The molecule has 0 aliphatic rings. The highest BCUT2D eigenvalue weighted by molar-refractivity contribution is 6.35. The summed E-state index contributed by atoms with van der Waals surface area (Å²) in [4.78, 5) is 16.7. The van der Waals surface area contributed by atoms with Gasteiger partial charge in [-0.15, -0.1) is 0 Å². The van der Waals surface area contributed by atoms with Crippen molar-refractivity contribution in [2.24, 2.45) is 0 Å². The van der Waals surface area contributed by atoms with E-state index >= 15 is 0 Å². The van der Waals surface area contributed by atoms with Gasteiger partial charge in [0.1, 0.15) is 5.69 Å². The first-order valence-corrected chi connectivity index (χ1v) is 7.35. The number of aliphatic hydroxyl groups excluding tert-OH is 1. The van der Waals surface area contributed by atoms with Crippen LogP contribution in [0.5, 0.6) is 0 Å². The number of pyridine rings is 1. The largest absolute Gasteiger partial charge is 0.396 e. The smallest absolute Gasteiger partial charge is 0.270 e. The minimum Gasteiger partial charge on any atom is -0.396 e. The summed E-state index contributed by atoms with van der Waals surface area (Å²) >= 11 is 6.21. The van der Waals surface area contributed by atoms with Crippen LogP contribution in [0, 0.1) is 0 Å². The number of hydrogen-bond acceptors (Lipinski definition) is 3. The summed E-state index contributed by atoms with van der Waals surface area (Å²) in [6, 6.07) is 9.01. The van der Waals surface area contributed by atoms with Crippen LogP contribution in [0.15, 0.2) is 30.3 Å². The van der Waals surface area contributed by atoms with E-state index in [2.05, 4.69) is 10.3 Å². The fourth-order valence-corrected chi connectivity index (χ4v) is 2.42. The second kappa shape index (κ2) is 6.41. The van der Waals surface area contributed by atoms with E-state index in [1.807, 2.05) is 38.1 Å². The molecule has 1 unspecified atom stereocenters. The molecule has 0 saturated heterocycles. The summed E-state index contributed by atoms with van der Waals surface area (Å²) in [5, 5.41) is 13.4. The number of nitrogens with zero attached hydrogens (tertiary/aromatic N) is 1. The van der Waals surface area contributed by atoms with Gasteiger partial charge in [-0.05, 0) is 31.9 Å². The zero-order chi connectivity index (χ0) is 15.5. The molecule has 2 N–H and O–H groups in total. The van der Waals surface area contributed by atoms with Crippen LogP contribution in [-0.4, -0.2) is 28.1 Å². The third kappa shape index (κ3) is 3.52. The molecule has 4 nitrogen and oxygen atoms in total. The van der Waals surface area contributed by atoms with E-state index in [0.717, 1.165) is 11.8 Å². The molecule has 2 rings (SSSR count). The summed E-state index contributed by atoms with van der Waals surface area (Å²) in [5.41, 5.74) is 0.526. The van der Waals surface area contributed by atoms with Crippen molar-refractivity contribution in [3.63, 3.8) is 0 Å². The second-order valence-corrected chi connectivity index (χ2v) is 5.76. The summed E-state index contributed by atoms with van der Waals surface area (Å²) in [6.45, 7) is 3.90. The zero-order valence-corrected chi connectivity index (χ0v) is 12.9. The van der Waals surface area contributed by atoms with Crippen molar-refractivity contribution in [3.05, 3.63) is 41.0 Å². The maximum Gasteiger partial charge on any atom is 0.270 e. The molecule has 1 atom stereocenters. The van der Waals surface area contributed by atoms with E-state index in [0.29, 0.717) is 17.0 Å². The van der Waals surface area contributed by atoms with Crippen molar-refractivity contribution < 1.29 is 9.90 Å². The number of benzene rings is 1. The lowest BCUT2D eigenvalue weighted by Gasteiger charge is -2.28. The topological polar surface area (TPSA) is 62.2 Å². The Bertz CT molecular complexity index is 660. The first-order chi connectivity index (χ1) is 9.99. The maximum atomic E-state index is 12.4. The summed E-state index contributed by atoms with van der Waals surface area (Å²) < 4.78 is 0. The van der Waals surface area contributed by atoms with Crippen LogP contribution < -0.4 is 5.32 Å². The maximum absolute atomic E-state index is 12.4. The molecule has 0 aliphatic carbocycles. The molecular formula is C16H19ClN2O2. The lowest BCUT2D eigenvalue weighted by atomic mass is 9.94. The van der Waals surface area contributed by atoms with Crippen LogP contribution in [0.3, 0.4) is 0 Å². The molecule has 0 spiro atoms. The van der Waals surface area contributed by atoms with Gasteiger partial charge < -0.3 is 10.4 Å². The minimum absolute atomic E-state index is 0.0243. The molecule has 0 bridgehead atoms. The number of carbonyl (C=O) groups excluding carboxylic acids is 1. The Morgan fingerprint density at radius 1 is 1.43 bits per heavy atom. The Kier molecular flexibility index (Phi) is 4.80. The van der Waals surface area contributed by atoms with E-state index in [1.165, 1.54) is 0 Å². The molecule has 0 fully saturated rings. The fraction of sp³-hybridized carbons (Fsp3) is 0.375. The molecule has 0 saturated carbocycles. The van der Waals surface area contributed by atoms with Gasteiger partial charge >= 0.3 is 0 Å². The van der Waals surface area contributed by atoms with Crippen molar-refractivity contribution in [1.29, 1.82) is 0 Å². The van der Waals surface area contributed by atoms with E-state index in [9.17, 15) is 4.79 Å². The summed E-state index contributed by atoms with van der Waals surface area (Å²) in [6.07, 6.45) is 1.22. The highest BCUT2D eigenvalue weighted by Gasteiger charge is 2.25. The highest BCUT2D eigenvalue weighted by Crippen LogP contribution is 2.23. The number of halogens is 1. The lowest BCUT2D eigenvalue weighted by molar-refractivity contribution is 0.0881. The van der Waals surface area contributed by atoms with Gasteiger partial charge in [0.2, 0.25) is 0 Å². The molecule has 21 heavy (non-hydrogen) atoms. The Hall–Kier alpha value is -1.65. The Morgan fingerprint density at radius 3 is 2.81 bits per heavy atom. The Labute approximate surface area is 129 Å². The van der Waals surface area contributed by atoms with Crippen LogP contribution in [0.2, 0.25) is 5.02 Å². The molecule has 1 heterocycles. The molecule has 2 aromatic rings. The number of fused-ring (bicyclic) bond motifs is 1. The predicted molar refractivity (Wildman–Crippen MR) is 84.6 cm³/mol. The average molecular weight is 307 g/mol. The molecule has 1 aromatic heterocycles. The number of carbonyl (C=O) groups is 1. The predicted octanol–water partition coefficient (Wildman–Crippen LogP) is 3.17. The van der Waals surface area contributed by atoms with Gasteiger partial charge in [0.05, 0.1) is 10.5 Å². The Balaban J connectivity index is 2.31. The highest BCUT2D eigenvalue weighted by atomic mass is 35.5. The van der Waals surface area contributed by atoms with Gasteiger partial charge in [0.15, 0.2) is 0 Å². The molecule has 1 amide bonds. The third-order valence-electron chi connectivity index (χ3n) is 3.76. The van der Waals surface area contributed by atoms with Crippen molar-refractivity contribution in [1.82, 2.24) is 10.3 Å². The molecule has 0 radical (unpaired) electrons. The van der Waals surface area contributed by atoms with Crippen LogP contribution in [0.4, 0.5) is 0 Å². The van der Waals surface area contributed by atoms with Gasteiger partial charge in [0.25, 0.3) is 5.91 Å². The quantitative estimate of drug-likeness (QED) is 0.892. The summed E-state index contributed by atoms with van der Waals surface area (Å²) in [5.74, 6) is -0.277. The number of rotatable bonds is 5. The molecule has 5 heteroatoms. The Morgan fingerprint density at radius 2 is 2.14 bits per heavy atom. The van der Waals surface area contributed by atoms with Gasteiger partial charge in [-0.1, -0.05) is 36.7 Å². The van der Waals surface area contributed by atoms with Gasteiger partial charge in [-0.3, -0.25) is 4.79 Å². The first kappa shape index (κ1) is 15.7. The lowest BCUT2D eigenvalue weighted by Crippen LogP contribution is -2.46. The minimum atomic E-state index is -0.453. The van der Waals surface area contributed by atoms with Crippen LogP contribution in [-0.2, 0) is 0 Å². The van der Waals surface area contributed by atoms with Crippen molar-refractivity contribution in [3.8, 4) is 0 Å². The number of aliphatic hydroxyl groups is 1. The molecule has 1 aromatic carbocycles. The van der Waals surface area contributed by atoms with Crippen molar-refractivity contribution in [2.45, 2.75) is 32.2 Å². The molecule has 112 valence electrons. The zero-order valence-electron chi connectivity index (χ0n) is 12.2. The standard InChI is InChI=1S/C16H19ClN2O2/c1-3-16(2,8-9-20)19-15(21)14-10-12(17)11-6-4-5-7-13(11)18-14/h4-7,10,20H,3,8-9H2,1-2H3,(H,19,21). The number of nitrogens with one attached hydrogen (secondary N) is 1. The van der Waals surface area contributed by atoms with E-state index in [1.54, 1.807) is 6.07 Å². The monoisotopic (exact) mass is 306 g/mol. The van der Waals surface area contributed by atoms with Crippen LogP contribution in [0.1, 0.15) is 37.2 Å². The van der Waals surface area contributed by atoms with E-state index < -0.39 is 5.54 Å². The van der Waals surface area contributed by atoms with Gasteiger partial charge in [-0.2, -0.15) is 0 Å². The van der Waals surface area contributed by atoms with E-state index in [4.69, 9.17) is 16.7 Å². The van der Waals surface area contributed by atoms with Crippen molar-refractivity contribution in [2.75, 3.05) is 6.61 Å². The number of aromatic nitrogens is 1. The number of hydrogen-bond donors (Lipinski definition) is 2. The van der Waals surface area contributed by atoms with Crippen LogP contribution in [0.25, 0.3) is 10.9 Å². The second-order valence-electron chi connectivity index (χ2n) is 5.35. The van der Waals surface area contributed by atoms with Gasteiger partial charge in [0, 0.05) is 17.5 Å².